The predicted octanol–water partition coefficient (Wildman–Crippen LogP) is 5.27. The molecule has 0 atom stereocenters. The number of aromatic nitrogens is 2. The normalized spacial score (nSPS) is 10.8. The Kier molecular flexibility index (Phi) is 4.14. The zero-order chi connectivity index (χ0) is 18.1. The number of anilines is 1. The number of amides is 1. The van der Waals surface area contributed by atoms with Crippen LogP contribution in [-0.2, 0) is 0 Å². The summed E-state index contributed by atoms with van der Waals surface area (Å²) >= 11 is 6.21. The van der Waals surface area contributed by atoms with Crippen LogP contribution in [0.4, 0.5) is 10.1 Å². The highest BCUT2D eigenvalue weighted by atomic mass is 35.5. The van der Waals surface area contributed by atoms with Crippen molar-refractivity contribution in [3.63, 3.8) is 0 Å². The maximum Gasteiger partial charge on any atom is 0.255 e. The van der Waals surface area contributed by atoms with E-state index >= 15 is 0 Å². The van der Waals surface area contributed by atoms with Gasteiger partial charge in [0, 0.05) is 11.1 Å². The third-order valence-corrected chi connectivity index (χ3v) is 4.29. The van der Waals surface area contributed by atoms with Crippen molar-refractivity contribution in [2.45, 2.75) is 0 Å². The Morgan fingerprint density at radius 3 is 2.69 bits per heavy atom. The van der Waals surface area contributed by atoms with E-state index in [1.165, 1.54) is 24.3 Å². The molecule has 0 aliphatic heterocycles. The molecule has 2 N–H and O–H groups in total. The van der Waals surface area contributed by atoms with Crippen LogP contribution in [0.3, 0.4) is 0 Å². The highest BCUT2D eigenvalue weighted by Gasteiger charge is 2.12. The molecule has 0 saturated heterocycles. The summed E-state index contributed by atoms with van der Waals surface area (Å²) in [6.07, 6.45) is 0. The monoisotopic (exact) mass is 365 g/mol. The average molecular weight is 366 g/mol. The molecule has 0 saturated carbocycles. The van der Waals surface area contributed by atoms with E-state index in [0.717, 1.165) is 16.6 Å². The Hall–Kier alpha value is -3.18. The van der Waals surface area contributed by atoms with Crippen LogP contribution in [0.5, 0.6) is 0 Å². The first-order valence-corrected chi connectivity index (χ1v) is 8.29. The smallest absolute Gasteiger partial charge is 0.255 e. The number of hydrogen-bond acceptors (Lipinski definition) is 2. The number of H-pyrrole nitrogens is 1. The zero-order valence-corrected chi connectivity index (χ0v) is 14.2. The molecule has 0 fully saturated rings. The van der Waals surface area contributed by atoms with Crippen LogP contribution < -0.4 is 5.32 Å². The number of benzene rings is 3. The lowest BCUT2D eigenvalue weighted by Crippen LogP contribution is -2.12. The molecule has 1 heterocycles. The molecule has 1 aromatic heterocycles. The van der Waals surface area contributed by atoms with Crippen molar-refractivity contribution in [2.75, 3.05) is 5.32 Å². The fourth-order valence-corrected chi connectivity index (χ4v) is 2.85. The highest BCUT2D eigenvalue weighted by molar-refractivity contribution is 6.34. The third kappa shape index (κ3) is 3.17. The number of aromatic amines is 1. The fraction of sp³-hybridized carbons (Fsp3) is 0. The molecule has 4 nitrogen and oxygen atoms in total. The first kappa shape index (κ1) is 16.3. The quantitative estimate of drug-likeness (QED) is 0.519. The molecule has 0 unspecified atom stereocenters. The number of para-hydroxylation sites is 2. The van der Waals surface area contributed by atoms with Gasteiger partial charge < -0.3 is 10.3 Å². The van der Waals surface area contributed by atoms with Crippen molar-refractivity contribution in [1.82, 2.24) is 9.97 Å². The molecule has 128 valence electrons. The number of rotatable bonds is 3. The van der Waals surface area contributed by atoms with Crippen molar-refractivity contribution < 1.29 is 9.18 Å². The topological polar surface area (TPSA) is 57.8 Å². The van der Waals surface area contributed by atoms with Crippen molar-refractivity contribution in [2.24, 2.45) is 0 Å². The summed E-state index contributed by atoms with van der Waals surface area (Å²) in [5.41, 5.74) is 3.19. The molecule has 4 rings (SSSR count). The van der Waals surface area contributed by atoms with Gasteiger partial charge in [0.1, 0.15) is 11.6 Å². The van der Waals surface area contributed by atoms with Gasteiger partial charge in [0.05, 0.1) is 21.7 Å². The molecule has 1 amide bonds. The molecule has 0 bridgehead atoms. The average Bonchev–Trinajstić information content (AvgIpc) is 3.07. The van der Waals surface area contributed by atoms with E-state index in [9.17, 15) is 9.18 Å². The number of nitrogens with zero attached hydrogens (tertiary/aromatic N) is 1. The number of hydrogen-bond donors (Lipinski definition) is 2. The number of imidazole rings is 1. The zero-order valence-electron chi connectivity index (χ0n) is 13.5. The molecule has 0 radical (unpaired) electrons. The predicted molar refractivity (Wildman–Crippen MR) is 101 cm³/mol. The van der Waals surface area contributed by atoms with Gasteiger partial charge in [-0.2, -0.15) is 0 Å². The molecule has 6 heteroatoms. The van der Waals surface area contributed by atoms with E-state index in [2.05, 4.69) is 15.3 Å². The summed E-state index contributed by atoms with van der Waals surface area (Å²) in [6.45, 7) is 0. The Bertz CT molecular complexity index is 1090. The van der Waals surface area contributed by atoms with Crippen LogP contribution in [-0.4, -0.2) is 15.9 Å². The van der Waals surface area contributed by atoms with Crippen molar-refractivity contribution in [1.29, 1.82) is 0 Å². The number of nitrogens with one attached hydrogen (secondary N) is 2. The molecular weight excluding hydrogens is 353 g/mol. The minimum atomic E-state index is -0.472. The van der Waals surface area contributed by atoms with E-state index in [1.54, 1.807) is 12.1 Å². The maximum atomic E-state index is 13.3. The van der Waals surface area contributed by atoms with Crippen LogP contribution in [0.1, 0.15) is 10.4 Å². The van der Waals surface area contributed by atoms with Crippen molar-refractivity contribution in [3.05, 3.63) is 83.1 Å². The lowest BCUT2D eigenvalue weighted by Gasteiger charge is -2.09. The molecule has 0 aliphatic rings. The molecule has 0 aliphatic carbocycles. The second-order valence-electron chi connectivity index (χ2n) is 5.76. The van der Waals surface area contributed by atoms with Crippen LogP contribution >= 0.6 is 11.6 Å². The highest BCUT2D eigenvalue weighted by Crippen LogP contribution is 2.29. The van der Waals surface area contributed by atoms with E-state index < -0.39 is 11.7 Å². The summed E-state index contributed by atoms with van der Waals surface area (Å²) < 4.78 is 13.3. The maximum absolute atomic E-state index is 13.3. The first-order valence-electron chi connectivity index (χ1n) is 7.92. The van der Waals surface area contributed by atoms with Gasteiger partial charge in [-0.15, -0.1) is 0 Å². The van der Waals surface area contributed by atoms with Gasteiger partial charge in [-0.25, -0.2) is 9.37 Å². The van der Waals surface area contributed by atoms with E-state index in [0.29, 0.717) is 16.5 Å². The van der Waals surface area contributed by atoms with Crippen molar-refractivity contribution >= 4 is 34.2 Å². The molecule has 4 aromatic rings. The summed E-state index contributed by atoms with van der Waals surface area (Å²) in [6, 6.07) is 18.4. The van der Waals surface area contributed by atoms with Crippen LogP contribution in [0.25, 0.3) is 22.4 Å². The summed E-state index contributed by atoms with van der Waals surface area (Å²) in [4.78, 5) is 20.1. The number of halogens is 2. The first-order chi connectivity index (χ1) is 12.6. The van der Waals surface area contributed by atoms with E-state index in [-0.39, 0.29) is 5.56 Å². The lowest BCUT2D eigenvalue weighted by molar-refractivity contribution is 0.102. The standard InChI is InChI=1S/C20H13ClFN3O/c21-15-9-8-12(19-23-16-6-1-2-7-17(16)24-19)11-18(15)25-20(26)13-4-3-5-14(22)10-13/h1-11H,(H,23,24)(H,25,26). The van der Waals surface area contributed by atoms with E-state index in [1.807, 2.05) is 30.3 Å². The number of fused-ring (bicyclic) bond motifs is 1. The fourth-order valence-electron chi connectivity index (χ4n) is 2.68. The van der Waals surface area contributed by atoms with Gasteiger partial charge in [0.2, 0.25) is 0 Å². The Morgan fingerprint density at radius 1 is 1.04 bits per heavy atom. The minimum Gasteiger partial charge on any atom is -0.338 e. The van der Waals surface area contributed by atoms with Gasteiger partial charge in [0.25, 0.3) is 5.91 Å². The van der Waals surface area contributed by atoms with Gasteiger partial charge in [0.15, 0.2) is 0 Å². The minimum absolute atomic E-state index is 0.218. The summed E-state index contributed by atoms with van der Waals surface area (Å²) in [5.74, 6) is -0.239. The third-order valence-electron chi connectivity index (χ3n) is 3.96. The van der Waals surface area contributed by atoms with E-state index in [4.69, 9.17) is 11.6 Å². The summed E-state index contributed by atoms with van der Waals surface area (Å²) in [7, 11) is 0. The van der Waals surface area contributed by atoms with Crippen molar-refractivity contribution in [3.8, 4) is 11.4 Å². The Labute approximate surface area is 153 Å². The van der Waals surface area contributed by atoms with Gasteiger partial charge in [-0.3, -0.25) is 4.79 Å². The van der Waals surface area contributed by atoms with Crippen LogP contribution in [0.15, 0.2) is 66.7 Å². The van der Waals surface area contributed by atoms with Gasteiger partial charge in [-0.1, -0.05) is 29.8 Å². The molecule has 3 aromatic carbocycles. The molecule has 0 spiro atoms. The second kappa shape index (κ2) is 6.61. The SMILES string of the molecule is O=C(Nc1cc(-c2nc3ccccc3[nH]2)ccc1Cl)c1cccc(F)c1. The van der Waals surface area contributed by atoms with Gasteiger partial charge in [-0.05, 0) is 48.5 Å². The lowest BCUT2D eigenvalue weighted by atomic mass is 10.1. The largest absolute Gasteiger partial charge is 0.338 e. The van der Waals surface area contributed by atoms with Crippen LogP contribution in [0, 0.1) is 5.82 Å². The Morgan fingerprint density at radius 2 is 1.88 bits per heavy atom. The summed E-state index contributed by atoms with van der Waals surface area (Å²) in [5, 5.41) is 3.10. The van der Waals surface area contributed by atoms with Crippen LogP contribution in [0.2, 0.25) is 5.02 Å². The molecule has 26 heavy (non-hydrogen) atoms. The number of carbonyl (C=O) groups is 1. The van der Waals surface area contributed by atoms with Gasteiger partial charge >= 0.3 is 0 Å². The number of carbonyl (C=O) groups excluding carboxylic acids is 1. The Balaban J connectivity index is 1.67. The second-order valence-corrected chi connectivity index (χ2v) is 6.17. The molecular formula is C20H13ClFN3O.